The van der Waals surface area contributed by atoms with Crippen LogP contribution in [0.5, 0.6) is 0 Å². The molecule has 1 aromatic heterocycles. The summed E-state index contributed by atoms with van der Waals surface area (Å²) < 4.78 is 32.4. The molecule has 0 aliphatic heterocycles. The first-order valence-corrected chi connectivity index (χ1v) is 8.37. The van der Waals surface area contributed by atoms with Gasteiger partial charge in [0.25, 0.3) is 0 Å². The second-order valence-electron chi connectivity index (χ2n) is 4.37. The molecule has 0 amide bonds. The van der Waals surface area contributed by atoms with Crippen molar-refractivity contribution in [1.82, 2.24) is 14.9 Å². The highest BCUT2D eigenvalue weighted by molar-refractivity contribution is 9.10. The van der Waals surface area contributed by atoms with E-state index in [1.165, 1.54) is 12.4 Å². The maximum atomic E-state index is 12.3. The summed E-state index contributed by atoms with van der Waals surface area (Å²) in [4.78, 5) is 3.91. The van der Waals surface area contributed by atoms with Crippen molar-refractivity contribution in [3.8, 4) is 0 Å². The highest BCUT2D eigenvalue weighted by Gasteiger charge is 2.19. The van der Waals surface area contributed by atoms with Gasteiger partial charge in [0, 0.05) is 17.4 Å². The first kappa shape index (κ1) is 16.1. The number of aryl methyl sites for hydroxylation is 1. The summed E-state index contributed by atoms with van der Waals surface area (Å²) in [6, 6.07) is 3.16. The summed E-state index contributed by atoms with van der Waals surface area (Å²) in [5, 5.41) is 12.6. The summed E-state index contributed by atoms with van der Waals surface area (Å²) in [6.45, 7) is 1.68. The molecule has 0 atom stereocenters. The minimum absolute atomic E-state index is 0.0945. The number of aliphatic hydroxyl groups excluding tert-OH is 1. The molecule has 0 aliphatic rings. The van der Waals surface area contributed by atoms with Crippen molar-refractivity contribution >= 4 is 26.0 Å². The number of halogens is 1. The molecule has 0 saturated carbocycles. The summed E-state index contributed by atoms with van der Waals surface area (Å²) in [6.07, 6.45) is 1.56. The van der Waals surface area contributed by atoms with Crippen molar-refractivity contribution in [3.63, 3.8) is 0 Å². The number of aliphatic hydroxyl groups is 1. The lowest BCUT2D eigenvalue weighted by atomic mass is 10.1. The van der Waals surface area contributed by atoms with E-state index in [2.05, 4.69) is 30.8 Å². The Kier molecular flexibility index (Phi) is 5.09. The number of nitrogens with one attached hydrogen (secondary N) is 1. The Hall–Kier alpha value is -1.29. The Morgan fingerprint density at radius 1 is 1.43 bits per heavy atom. The van der Waals surface area contributed by atoms with Crippen molar-refractivity contribution in [2.24, 2.45) is 0 Å². The van der Waals surface area contributed by atoms with Crippen LogP contribution >= 0.6 is 15.9 Å². The molecule has 1 heterocycles. The van der Waals surface area contributed by atoms with Gasteiger partial charge in [0.1, 0.15) is 0 Å². The fourth-order valence-electron chi connectivity index (χ4n) is 1.77. The van der Waals surface area contributed by atoms with Gasteiger partial charge in [0.05, 0.1) is 11.5 Å². The first-order chi connectivity index (χ1) is 9.94. The van der Waals surface area contributed by atoms with Gasteiger partial charge in [-0.3, -0.25) is 0 Å². The lowest BCUT2D eigenvalue weighted by Crippen LogP contribution is -2.26. The largest absolute Gasteiger partial charge is 0.392 e. The van der Waals surface area contributed by atoms with E-state index in [0.29, 0.717) is 22.3 Å². The number of aromatic nitrogens is 2. The number of hydrogen-bond acceptors (Lipinski definition) is 6. The third-order valence-corrected chi connectivity index (χ3v) is 5.59. The number of hydrogen-bond donors (Lipinski definition) is 2. The first-order valence-electron chi connectivity index (χ1n) is 6.09. The third-order valence-electron chi connectivity index (χ3n) is 2.79. The van der Waals surface area contributed by atoms with Crippen molar-refractivity contribution in [2.75, 3.05) is 6.54 Å². The van der Waals surface area contributed by atoms with Gasteiger partial charge in [-0.1, -0.05) is 11.2 Å². The molecule has 1 aromatic carbocycles. The van der Waals surface area contributed by atoms with E-state index < -0.39 is 10.0 Å². The van der Waals surface area contributed by atoms with Gasteiger partial charge in [-0.05, 0) is 40.0 Å². The van der Waals surface area contributed by atoms with Gasteiger partial charge in [-0.2, -0.15) is 4.98 Å². The van der Waals surface area contributed by atoms with Crippen molar-refractivity contribution in [2.45, 2.75) is 24.8 Å². The van der Waals surface area contributed by atoms with Gasteiger partial charge in [-0.15, -0.1) is 0 Å². The number of nitrogens with zero attached hydrogens (tertiary/aromatic N) is 2. The Balaban J connectivity index is 2.17. The average molecular weight is 376 g/mol. The molecule has 0 spiro atoms. The van der Waals surface area contributed by atoms with Gasteiger partial charge in [0.2, 0.25) is 15.9 Å². The Labute approximate surface area is 130 Å². The van der Waals surface area contributed by atoms with Crippen LogP contribution in [0.3, 0.4) is 0 Å². The number of rotatable bonds is 6. The Morgan fingerprint density at radius 2 is 2.19 bits per heavy atom. The third kappa shape index (κ3) is 3.88. The van der Waals surface area contributed by atoms with Crippen LogP contribution in [0, 0.1) is 6.92 Å². The van der Waals surface area contributed by atoms with Crippen molar-refractivity contribution in [1.29, 1.82) is 0 Å². The molecule has 0 unspecified atom stereocenters. The maximum Gasteiger partial charge on any atom is 0.241 e. The summed E-state index contributed by atoms with van der Waals surface area (Å²) >= 11 is 3.27. The quantitative estimate of drug-likeness (QED) is 0.784. The van der Waals surface area contributed by atoms with Gasteiger partial charge < -0.3 is 9.63 Å². The fraction of sp³-hybridized carbons (Fsp3) is 0.333. The van der Waals surface area contributed by atoms with E-state index >= 15 is 0 Å². The smallest absolute Gasteiger partial charge is 0.241 e. The van der Waals surface area contributed by atoms with E-state index in [-0.39, 0.29) is 18.0 Å². The summed E-state index contributed by atoms with van der Waals surface area (Å²) in [5.74, 6) is 0.358. The van der Waals surface area contributed by atoms with Gasteiger partial charge in [0.15, 0.2) is 6.33 Å². The zero-order chi connectivity index (χ0) is 15.5. The van der Waals surface area contributed by atoms with E-state index in [4.69, 9.17) is 4.52 Å². The molecular weight excluding hydrogens is 362 g/mol. The predicted molar refractivity (Wildman–Crippen MR) is 78.0 cm³/mol. The monoisotopic (exact) mass is 375 g/mol. The maximum absolute atomic E-state index is 12.3. The van der Waals surface area contributed by atoms with Gasteiger partial charge in [-0.25, -0.2) is 13.1 Å². The van der Waals surface area contributed by atoms with Crippen LogP contribution in [-0.4, -0.2) is 30.2 Å². The van der Waals surface area contributed by atoms with Crippen LogP contribution in [0.1, 0.15) is 17.0 Å². The summed E-state index contributed by atoms with van der Waals surface area (Å²) in [5.41, 5.74) is 1.27. The average Bonchev–Trinajstić information content (AvgIpc) is 2.94. The topological polar surface area (TPSA) is 105 Å². The lowest BCUT2D eigenvalue weighted by molar-refractivity contribution is 0.281. The molecule has 114 valence electrons. The molecule has 2 N–H and O–H groups in total. The van der Waals surface area contributed by atoms with E-state index in [9.17, 15) is 13.5 Å². The molecule has 21 heavy (non-hydrogen) atoms. The second kappa shape index (κ2) is 6.65. The predicted octanol–water partition coefficient (Wildman–Crippen LogP) is 1.15. The second-order valence-corrected chi connectivity index (χ2v) is 6.89. The number of sulfonamides is 1. The molecule has 0 radical (unpaired) electrons. The highest BCUT2D eigenvalue weighted by atomic mass is 79.9. The summed E-state index contributed by atoms with van der Waals surface area (Å²) in [7, 11) is -3.70. The minimum Gasteiger partial charge on any atom is -0.392 e. The lowest BCUT2D eigenvalue weighted by Gasteiger charge is -2.11. The van der Waals surface area contributed by atoms with Crippen molar-refractivity contribution < 1.29 is 18.0 Å². The fourth-order valence-corrected chi connectivity index (χ4v) is 3.87. The molecule has 2 aromatic rings. The zero-order valence-corrected chi connectivity index (χ0v) is 13.6. The minimum atomic E-state index is -3.70. The van der Waals surface area contributed by atoms with E-state index in [1.807, 2.05) is 0 Å². The van der Waals surface area contributed by atoms with Crippen LogP contribution < -0.4 is 4.72 Å². The number of benzene rings is 1. The van der Waals surface area contributed by atoms with Crippen LogP contribution in [0.15, 0.2) is 32.4 Å². The van der Waals surface area contributed by atoms with Crippen LogP contribution in [0.4, 0.5) is 0 Å². The molecule has 0 fully saturated rings. The van der Waals surface area contributed by atoms with Crippen molar-refractivity contribution in [3.05, 3.63) is 40.0 Å². The molecule has 0 bridgehead atoms. The normalized spacial score (nSPS) is 11.8. The van der Waals surface area contributed by atoms with Crippen LogP contribution in [0.25, 0.3) is 0 Å². The van der Waals surface area contributed by atoms with Gasteiger partial charge >= 0.3 is 0 Å². The highest BCUT2D eigenvalue weighted by Crippen LogP contribution is 2.27. The van der Waals surface area contributed by atoms with Crippen LogP contribution in [-0.2, 0) is 23.1 Å². The van der Waals surface area contributed by atoms with E-state index in [1.54, 1.807) is 13.0 Å². The Morgan fingerprint density at radius 3 is 2.81 bits per heavy atom. The Bertz CT molecular complexity index is 716. The zero-order valence-electron chi connectivity index (χ0n) is 11.2. The molecule has 0 aliphatic carbocycles. The molecule has 0 saturated heterocycles. The molecule has 7 nitrogen and oxygen atoms in total. The van der Waals surface area contributed by atoms with Crippen LogP contribution in [0.2, 0.25) is 0 Å². The SMILES string of the molecule is Cc1cc(CO)cc(S(=O)(=O)NCCc2ncno2)c1Br. The standard InChI is InChI=1S/C12H14BrN3O4S/c1-8-4-9(6-17)5-10(12(8)13)21(18,19)16-3-2-11-14-7-15-20-11/h4-5,7,16-17H,2-3,6H2,1H3. The molecular formula is C12H14BrN3O4S. The molecule has 2 rings (SSSR count). The molecule has 9 heteroatoms. The van der Waals surface area contributed by atoms with E-state index in [0.717, 1.165) is 5.56 Å².